The molecule has 0 saturated heterocycles. The number of anilines is 1. The minimum atomic E-state index is -3.23. The van der Waals surface area contributed by atoms with E-state index in [0.29, 0.717) is 18.7 Å². The lowest BCUT2D eigenvalue weighted by Crippen LogP contribution is -2.34. The van der Waals surface area contributed by atoms with Crippen molar-refractivity contribution in [2.75, 3.05) is 30.9 Å². The summed E-state index contributed by atoms with van der Waals surface area (Å²) in [6.07, 6.45) is 2.12. The van der Waals surface area contributed by atoms with Crippen molar-refractivity contribution in [3.05, 3.63) is 89.5 Å². The van der Waals surface area contributed by atoms with Crippen LogP contribution in [0.5, 0.6) is 5.75 Å². The number of benzene rings is 3. The second kappa shape index (κ2) is 9.44. The molecule has 0 aromatic heterocycles. The summed E-state index contributed by atoms with van der Waals surface area (Å²) >= 11 is 0. The summed E-state index contributed by atoms with van der Waals surface area (Å²) in [7, 11) is -3.23. The highest BCUT2D eigenvalue weighted by Crippen LogP contribution is 2.32. The minimum absolute atomic E-state index is 0.204. The molecule has 0 radical (unpaired) electrons. The molecule has 7 heteroatoms. The summed E-state index contributed by atoms with van der Waals surface area (Å²) in [5.74, 6) is 0.513. The topological polar surface area (TPSA) is 75.7 Å². The second-order valence-electron chi connectivity index (χ2n) is 7.85. The van der Waals surface area contributed by atoms with Crippen LogP contribution in [0.4, 0.5) is 5.69 Å². The van der Waals surface area contributed by atoms with Gasteiger partial charge in [-0.2, -0.15) is 0 Å². The van der Waals surface area contributed by atoms with Gasteiger partial charge >= 0.3 is 0 Å². The maximum atomic E-state index is 12.6. The number of nitrogens with zero attached hydrogens (tertiary/aromatic N) is 1. The Hall–Kier alpha value is -3.32. The summed E-state index contributed by atoms with van der Waals surface area (Å²) in [6, 6.07) is 22.4. The van der Waals surface area contributed by atoms with Crippen LogP contribution in [0.25, 0.3) is 0 Å². The van der Waals surface area contributed by atoms with Crippen LogP contribution in [-0.4, -0.2) is 40.3 Å². The van der Waals surface area contributed by atoms with Crippen LogP contribution in [0.1, 0.15) is 21.5 Å². The van der Waals surface area contributed by atoms with E-state index >= 15 is 0 Å². The number of rotatable bonds is 7. The van der Waals surface area contributed by atoms with Gasteiger partial charge in [-0.15, -0.1) is 0 Å². The van der Waals surface area contributed by atoms with Crippen LogP contribution in [0.15, 0.2) is 77.7 Å². The number of fused-ring (bicyclic) bond motifs is 1. The molecule has 3 aromatic carbocycles. The zero-order valence-electron chi connectivity index (χ0n) is 18.0. The highest BCUT2D eigenvalue weighted by molar-refractivity contribution is 7.90. The number of sulfone groups is 1. The second-order valence-corrected chi connectivity index (χ2v) is 9.87. The van der Waals surface area contributed by atoms with Crippen LogP contribution in [0.3, 0.4) is 0 Å². The van der Waals surface area contributed by atoms with Gasteiger partial charge in [0.1, 0.15) is 12.4 Å². The Balaban J connectivity index is 1.39. The van der Waals surface area contributed by atoms with Gasteiger partial charge < -0.3 is 15.0 Å². The van der Waals surface area contributed by atoms with Crippen molar-refractivity contribution < 1.29 is 17.9 Å². The third kappa shape index (κ3) is 5.29. The number of ether oxygens (including phenoxy) is 1. The molecule has 0 fully saturated rings. The van der Waals surface area contributed by atoms with Gasteiger partial charge in [-0.1, -0.05) is 42.5 Å². The molecule has 32 heavy (non-hydrogen) atoms. The number of hydrogen-bond donors (Lipinski definition) is 1. The molecule has 4 rings (SSSR count). The molecule has 0 atom stereocenters. The smallest absolute Gasteiger partial charge is 0.251 e. The average molecular weight is 451 g/mol. The molecule has 1 N–H and O–H groups in total. The van der Waals surface area contributed by atoms with Crippen LogP contribution in [0.2, 0.25) is 0 Å². The summed E-state index contributed by atoms with van der Waals surface area (Å²) < 4.78 is 29.0. The fourth-order valence-electron chi connectivity index (χ4n) is 3.70. The first-order valence-corrected chi connectivity index (χ1v) is 12.4. The Labute approximate surface area is 188 Å². The molecule has 0 spiro atoms. The maximum Gasteiger partial charge on any atom is 0.251 e. The first-order valence-electron chi connectivity index (χ1n) is 10.5. The van der Waals surface area contributed by atoms with Gasteiger partial charge in [0.25, 0.3) is 5.91 Å². The first-order chi connectivity index (χ1) is 15.4. The Morgan fingerprint density at radius 2 is 1.75 bits per heavy atom. The van der Waals surface area contributed by atoms with Crippen molar-refractivity contribution >= 4 is 21.4 Å². The quantitative estimate of drug-likeness (QED) is 0.597. The van der Waals surface area contributed by atoms with Gasteiger partial charge in [0, 0.05) is 24.9 Å². The van der Waals surface area contributed by atoms with Crippen molar-refractivity contribution in [2.45, 2.75) is 17.9 Å². The van der Waals surface area contributed by atoms with Gasteiger partial charge in [-0.05, 0) is 47.9 Å². The zero-order valence-corrected chi connectivity index (χ0v) is 18.8. The van der Waals surface area contributed by atoms with Crippen molar-refractivity contribution in [1.82, 2.24) is 5.32 Å². The van der Waals surface area contributed by atoms with E-state index < -0.39 is 9.84 Å². The van der Waals surface area contributed by atoms with E-state index in [4.69, 9.17) is 4.74 Å². The van der Waals surface area contributed by atoms with Crippen molar-refractivity contribution in [1.29, 1.82) is 0 Å². The van der Waals surface area contributed by atoms with E-state index in [9.17, 15) is 13.2 Å². The summed E-state index contributed by atoms with van der Waals surface area (Å²) in [5.41, 5.74) is 3.65. The molecule has 6 nitrogen and oxygen atoms in total. The minimum Gasteiger partial charge on any atom is -0.490 e. The van der Waals surface area contributed by atoms with Crippen molar-refractivity contribution in [2.24, 2.45) is 0 Å². The maximum absolute atomic E-state index is 12.6. The normalized spacial score (nSPS) is 13.2. The fourth-order valence-corrected chi connectivity index (χ4v) is 4.33. The fraction of sp³-hybridized carbons (Fsp3) is 0.240. The number of hydrogen-bond acceptors (Lipinski definition) is 5. The van der Waals surface area contributed by atoms with Gasteiger partial charge in [0.2, 0.25) is 0 Å². The lowest BCUT2D eigenvalue weighted by Gasteiger charge is -2.31. The van der Waals surface area contributed by atoms with Gasteiger partial charge in [0.15, 0.2) is 9.84 Å². The highest BCUT2D eigenvalue weighted by atomic mass is 32.2. The van der Waals surface area contributed by atoms with Gasteiger partial charge in [-0.25, -0.2) is 8.42 Å². The van der Waals surface area contributed by atoms with E-state index in [-0.39, 0.29) is 10.8 Å². The van der Waals surface area contributed by atoms with Crippen LogP contribution in [-0.2, 0) is 22.8 Å². The summed E-state index contributed by atoms with van der Waals surface area (Å²) in [6.45, 7) is 2.59. The molecule has 0 aliphatic carbocycles. The monoisotopic (exact) mass is 450 g/mol. The van der Waals surface area contributed by atoms with Crippen LogP contribution in [0, 0.1) is 0 Å². The average Bonchev–Trinajstić information content (AvgIpc) is 2.81. The predicted octanol–water partition coefficient (Wildman–Crippen LogP) is 3.46. The van der Waals surface area contributed by atoms with E-state index in [1.807, 2.05) is 30.3 Å². The number of carbonyl (C=O) groups is 1. The Morgan fingerprint density at radius 3 is 2.47 bits per heavy atom. The number of nitrogens with one attached hydrogen (secondary N) is 1. The molecule has 0 unspecified atom stereocenters. The molecule has 3 aromatic rings. The molecule has 1 aliphatic heterocycles. The first kappa shape index (κ1) is 21.9. The molecular weight excluding hydrogens is 424 g/mol. The zero-order chi connectivity index (χ0) is 22.6. The molecule has 1 heterocycles. The largest absolute Gasteiger partial charge is 0.490 e. The van der Waals surface area contributed by atoms with Crippen LogP contribution >= 0.6 is 0 Å². The van der Waals surface area contributed by atoms with E-state index in [2.05, 4.69) is 22.3 Å². The molecule has 1 aliphatic rings. The molecule has 0 bridgehead atoms. The van der Waals surface area contributed by atoms with Crippen molar-refractivity contribution in [3.8, 4) is 5.75 Å². The highest BCUT2D eigenvalue weighted by Gasteiger charge is 2.20. The molecular formula is C25H26N2O4S. The Kier molecular flexibility index (Phi) is 6.46. The van der Waals surface area contributed by atoms with Crippen LogP contribution < -0.4 is 15.0 Å². The third-order valence-corrected chi connectivity index (χ3v) is 6.63. The third-order valence-electron chi connectivity index (χ3n) is 5.50. The number of carbonyl (C=O) groups excluding carboxylic acids is 1. The van der Waals surface area contributed by atoms with Crippen molar-refractivity contribution in [3.63, 3.8) is 0 Å². The summed E-state index contributed by atoms with van der Waals surface area (Å²) in [4.78, 5) is 15.2. The lowest BCUT2D eigenvalue weighted by atomic mass is 10.1. The van der Waals surface area contributed by atoms with E-state index in [0.717, 1.165) is 36.5 Å². The van der Waals surface area contributed by atoms with Gasteiger partial charge in [-0.3, -0.25) is 4.79 Å². The molecule has 0 saturated carbocycles. The SMILES string of the molecule is CS(=O)(=O)c1ccc(CNC(=O)c2ccc3c(c2)OCCN3CCc2ccccc2)cc1. The summed E-state index contributed by atoms with van der Waals surface area (Å²) in [5, 5.41) is 2.88. The molecule has 166 valence electrons. The predicted molar refractivity (Wildman–Crippen MR) is 125 cm³/mol. The van der Waals surface area contributed by atoms with Gasteiger partial charge in [0.05, 0.1) is 17.1 Å². The van der Waals surface area contributed by atoms with E-state index in [1.54, 1.807) is 30.3 Å². The standard InChI is InChI=1S/C25H26N2O4S/c1-32(29,30)22-10-7-20(8-11-22)18-26-25(28)21-9-12-23-24(17-21)31-16-15-27(23)14-13-19-5-3-2-4-6-19/h2-12,17H,13-16,18H2,1H3,(H,26,28). The van der Waals surface area contributed by atoms with E-state index in [1.165, 1.54) is 11.8 Å². The molecule has 1 amide bonds. The Bertz CT molecular complexity index is 1190. The Morgan fingerprint density at radius 1 is 1.00 bits per heavy atom. The number of amides is 1. The lowest BCUT2D eigenvalue weighted by molar-refractivity contribution is 0.0950.